The summed E-state index contributed by atoms with van der Waals surface area (Å²) in [6.07, 6.45) is 1.51. The number of nitro groups is 1. The predicted molar refractivity (Wildman–Crippen MR) is 108 cm³/mol. The maximum absolute atomic E-state index is 14.4. The second-order valence-corrected chi connectivity index (χ2v) is 6.70. The molecule has 0 spiro atoms. The van der Waals surface area contributed by atoms with E-state index in [1.54, 1.807) is 36.4 Å². The Morgan fingerprint density at radius 3 is 2.47 bits per heavy atom. The van der Waals surface area contributed by atoms with Crippen LogP contribution >= 0.6 is 0 Å². The zero-order valence-electron chi connectivity index (χ0n) is 15.3. The first kappa shape index (κ1) is 17.9. The molecule has 0 fully saturated rings. The van der Waals surface area contributed by atoms with E-state index in [1.165, 1.54) is 41.2 Å². The molecule has 0 bridgehead atoms. The smallest absolute Gasteiger partial charge is 0.258 e. The van der Waals surface area contributed by atoms with E-state index < -0.39 is 10.7 Å². The van der Waals surface area contributed by atoms with Crippen molar-refractivity contribution in [3.8, 4) is 16.9 Å². The van der Waals surface area contributed by atoms with Gasteiger partial charge in [-0.3, -0.25) is 15.1 Å². The molecule has 146 valence electrons. The molecular weight excluding hydrogens is 390 g/mol. The van der Waals surface area contributed by atoms with Crippen molar-refractivity contribution >= 4 is 27.5 Å². The highest BCUT2D eigenvalue weighted by molar-refractivity contribution is 6.08. The molecule has 2 aromatic heterocycles. The Bertz CT molecular complexity index is 1450. The lowest BCUT2D eigenvalue weighted by Crippen LogP contribution is -1.99. The molecule has 0 saturated heterocycles. The van der Waals surface area contributed by atoms with Crippen LogP contribution < -0.4 is 0 Å². The van der Waals surface area contributed by atoms with Crippen LogP contribution in [0.3, 0.4) is 0 Å². The number of benzene rings is 3. The first-order valence-corrected chi connectivity index (χ1v) is 8.99. The molecule has 3 aromatic carbocycles. The maximum Gasteiger partial charge on any atom is 0.271 e. The quantitative estimate of drug-likeness (QED) is 0.298. The van der Waals surface area contributed by atoms with Crippen LogP contribution in [-0.4, -0.2) is 19.7 Å². The molecule has 0 radical (unpaired) electrons. The highest BCUT2D eigenvalue weighted by Gasteiger charge is 2.19. The molecule has 8 heteroatoms. The number of hydrogen-bond donors (Lipinski definition) is 0. The van der Waals surface area contributed by atoms with E-state index >= 15 is 0 Å². The SMILES string of the molecule is O=[N+]([O-])c1cccc(-n2nc(-c3ccc(F)cc3)c3cnc4c(F)cccc4c32)c1. The van der Waals surface area contributed by atoms with Gasteiger partial charge in [0, 0.05) is 34.7 Å². The molecule has 0 aliphatic carbocycles. The minimum Gasteiger partial charge on any atom is -0.258 e. The highest BCUT2D eigenvalue weighted by Crippen LogP contribution is 2.34. The van der Waals surface area contributed by atoms with Gasteiger partial charge >= 0.3 is 0 Å². The first-order chi connectivity index (χ1) is 14.5. The lowest BCUT2D eigenvalue weighted by molar-refractivity contribution is -0.384. The third-order valence-corrected chi connectivity index (χ3v) is 4.89. The van der Waals surface area contributed by atoms with Crippen LogP contribution in [0.5, 0.6) is 0 Å². The standard InChI is InChI=1S/C22H12F2N4O2/c23-14-9-7-13(8-10-14)20-18-12-25-21-17(5-2-6-19(21)24)22(18)27(26-20)15-3-1-4-16(11-15)28(29)30/h1-12H. The Morgan fingerprint density at radius 2 is 1.70 bits per heavy atom. The van der Waals surface area contributed by atoms with Gasteiger partial charge in [0.25, 0.3) is 5.69 Å². The third-order valence-electron chi connectivity index (χ3n) is 4.89. The summed E-state index contributed by atoms with van der Waals surface area (Å²) in [5.74, 6) is -0.864. The molecule has 5 rings (SSSR count). The van der Waals surface area contributed by atoms with Crippen molar-refractivity contribution in [2.75, 3.05) is 0 Å². The summed E-state index contributed by atoms with van der Waals surface area (Å²) >= 11 is 0. The number of nitrogens with zero attached hydrogens (tertiary/aromatic N) is 4. The molecule has 0 N–H and O–H groups in total. The predicted octanol–water partition coefficient (Wildman–Crippen LogP) is 5.43. The molecular formula is C22H12F2N4O2. The van der Waals surface area contributed by atoms with Gasteiger partial charge in [0.05, 0.1) is 16.1 Å². The van der Waals surface area contributed by atoms with E-state index in [4.69, 9.17) is 0 Å². The fourth-order valence-electron chi connectivity index (χ4n) is 3.52. The number of para-hydroxylation sites is 1. The monoisotopic (exact) mass is 402 g/mol. The van der Waals surface area contributed by atoms with Crippen molar-refractivity contribution in [1.29, 1.82) is 0 Å². The average Bonchev–Trinajstić information content (AvgIpc) is 3.15. The van der Waals surface area contributed by atoms with Gasteiger partial charge in [-0.05, 0) is 36.4 Å². The molecule has 0 aliphatic rings. The van der Waals surface area contributed by atoms with Gasteiger partial charge in [0.2, 0.25) is 0 Å². The second kappa shape index (κ2) is 6.70. The number of hydrogen-bond acceptors (Lipinski definition) is 4. The van der Waals surface area contributed by atoms with Gasteiger partial charge in [0.1, 0.15) is 22.8 Å². The van der Waals surface area contributed by atoms with Crippen molar-refractivity contribution in [3.63, 3.8) is 0 Å². The van der Waals surface area contributed by atoms with E-state index in [2.05, 4.69) is 10.1 Å². The van der Waals surface area contributed by atoms with E-state index in [0.717, 1.165) is 0 Å². The van der Waals surface area contributed by atoms with Crippen LogP contribution in [0.2, 0.25) is 0 Å². The molecule has 0 aliphatic heterocycles. The topological polar surface area (TPSA) is 73.8 Å². The third kappa shape index (κ3) is 2.77. The summed E-state index contributed by atoms with van der Waals surface area (Å²) in [5, 5.41) is 17.0. The Morgan fingerprint density at radius 1 is 0.933 bits per heavy atom. The number of nitro benzene ring substituents is 1. The highest BCUT2D eigenvalue weighted by atomic mass is 19.1. The Labute approximate surface area is 168 Å². The summed E-state index contributed by atoms with van der Waals surface area (Å²) < 4.78 is 29.3. The van der Waals surface area contributed by atoms with Crippen LogP contribution in [0, 0.1) is 21.7 Å². The van der Waals surface area contributed by atoms with E-state index in [1.807, 2.05) is 0 Å². The summed E-state index contributed by atoms with van der Waals surface area (Å²) in [6.45, 7) is 0. The normalized spacial score (nSPS) is 11.3. The largest absolute Gasteiger partial charge is 0.271 e. The zero-order chi connectivity index (χ0) is 20.8. The summed E-state index contributed by atoms with van der Waals surface area (Å²) in [5.41, 5.74) is 2.23. The van der Waals surface area contributed by atoms with Gasteiger partial charge < -0.3 is 0 Å². The van der Waals surface area contributed by atoms with Crippen molar-refractivity contribution in [3.05, 3.63) is 94.7 Å². The van der Waals surface area contributed by atoms with Crippen molar-refractivity contribution in [2.45, 2.75) is 0 Å². The van der Waals surface area contributed by atoms with Gasteiger partial charge in [-0.25, -0.2) is 13.5 Å². The molecule has 0 atom stereocenters. The fraction of sp³-hybridized carbons (Fsp3) is 0. The molecule has 0 unspecified atom stereocenters. The molecule has 5 aromatic rings. The van der Waals surface area contributed by atoms with Gasteiger partial charge in [-0.15, -0.1) is 0 Å². The van der Waals surface area contributed by atoms with Crippen LogP contribution in [0.15, 0.2) is 72.9 Å². The van der Waals surface area contributed by atoms with Gasteiger partial charge in [-0.1, -0.05) is 18.2 Å². The van der Waals surface area contributed by atoms with Crippen molar-refractivity contribution in [1.82, 2.24) is 14.8 Å². The molecule has 30 heavy (non-hydrogen) atoms. The Kier molecular flexibility index (Phi) is 3.99. The molecule has 0 amide bonds. The number of rotatable bonds is 3. The minimum absolute atomic E-state index is 0.0935. The van der Waals surface area contributed by atoms with E-state index in [9.17, 15) is 18.9 Å². The number of fused-ring (bicyclic) bond motifs is 3. The minimum atomic E-state index is -0.491. The van der Waals surface area contributed by atoms with Crippen LogP contribution in [-0.2, 0) is 0 Å². The average molecular weight is 402 g/mol. The van der Waals surface area contributed by atoms with Crippen LogP contribution in [0.1, 0.15) is 0 Å². The number of halogens is 2. The van der Waals surface area contributed by atoms with Gasteiger partial charge in [0.15, 0.2) is 0 Å². The fourth-order valence-corrected chi connectivity index (χ4v) is 3.52. The van der Waals surface area contributed by atoms with E-state index in [0.29, 0.717) is 33.2 Å². The lowest BCUT2D eigenvalue weighted by Gasteiger charge is -2.06. The first-order valence-electron chi connectivity index (χ1n) is 8.99. The Balaban J connectivity index is 1.89. The molecule has 0 saturated carbocycles. The summed E-state index contributed by atoms with van der Waals surface area (Å²) in [4.78, 5) is 15.0. The zero-order valence-corrected chi connectivity index (χ0v) is 15.3. The second-order valence-electron chi connectivity index (χ2n) is 6.70. The molecule has 6 nitrogen and oxygen atoms in total. The summed E-state index contributed by atoms with van der Waals surface area (Å²) in [6, 6.07) is 16.4. The molecule has 2 heterocycles. The van der Waals surface area contributed by atoms with E-state index in [-0.39, 0.29) is 17.0 Å². The van der Waals surface area contributed by atoms with Crippen molar-refractivity contribution in [2.24, 2.45) is 0 Å². The Hall–Kier alpha value is -4.20. The lowest BCUT2D eigenvalue weighted by atomic mass is 10.1. The number of pyridine rings is 1. The van der Waals surface area contributed by atoms with Crippen LogP contribution in [0.25, 0.3) is 38.8 Å². The van der Waals surface area contributed by atoms with Crippen molar-refractivity contribution < 1.29 is 13.7 Å². The summed E-state index contributed by atoms with van der Waals surface area (Å²) in [7, 11) is 0. The van der Waals surface area contributed by atoms with Crippen LogP contribution in [0.4, 0.5) is 14.5 Å². The number of non-ortho nitro benzene ring substituents is 1. The number of aromatic nitrogens is 3. The van der Waals surface area contributed by atoms with Gasteiger partial charge in [-0.2, -0.15) is 5.10 Å². The maximum atomic E-state index is 14.4.